The van der Waals surface area contributed by atoms with Gasteiger partial charge in [-0.25, -0.2) is 9.31 Å². The van der Waals surface area contributed by atoms with Crippen LogP contribution in [0.5, 0.6) is 0 Å². The van der Waals surface area contributed by atoms with Crippen molar-refractivity contribution in [2.45, 2.75) is 32.4 Å². The number of rotatable bonds is 6. The number of likely N-dealkylation sites (tertiary alicyclic amines) is 1. The zero-order valence-corrected chi connectivity index (χ0v) is 21.8. The molecule has 0 aliphatic carbocycles. The van der Waals surface area contributed by atoms with E-state index in [1.54, 1.807) is 21.7 Å². The van der Waals surface area contributed by atoms with Crippen LogP contribution < -0.4 is 10.6 Å². The van der Waals surface area contributed by atoms with Crippen molar-refractivity contribution < 1.29 is 14.3 Å². The molecule has 0 spiro atoms. The molecule has 1 fully saturated rings. The number of hydrogen-bond acceptors (Lipinski definition) is 10. The van der Waals surface area contributed by atoms with Crippen LogP contribution in [-0.4, -0.2) is 74.0 Å². The molecule has 0 bridgehead atoms. The number of pyridine rings is 1. The number of anilines is 1. The monoisotopic (exact) mass is 531 g/mol. The standard InChI is InChI=1S/C25H25N9O3S/c1-14(2)29-19-9-20(21-5-4-17-8-15(10-26)11-28-34(17)21)27-12-18(19)22-31-32-23(38-22)24(35)33-7-6-16(13-33)30-25(36)37-3/h4-5,8-9,11-12,14,16H,6-7,13H2,1-3H3,(H,27,29)(H,30,36). The number of nitrogens with one attached hydrogen (secondary N) is 2. The molecule has 12 nitrogen and oxygen atoms in total. The molecule has 1 aliphatic rings. The summed E-state index contributed by atoms with van der Waals surface area (Å²) in [4.78, 5) is 30.9. The Morgan fingerprint density at radius 2 is 2.08 bits per heavy atom. The summed E-state index contributed by atoms with van der Waals surface area (Å²) in [5.41, 5.74) is 4.27. The average Bonchev–Trinajstić information content (AvgIpc) is 3.67. The van der Waals surface area contributed by atoms with Gasteiger partial charge < -0.3 is 20.3 Å². The summed E-state index contributed by atoms with van der Waals surface area (Å²) < 4.78 is 6.38. The molecule has 2 amide bonds. The highest BCUT2D eigenvalue weighted by molar-refractivity contribution is 7.16. The second kappa shape index (κ2) is 10.4. The van der Waals surface area contributed by atoms with Crippen molar-refractivity contribution in [1.29, 1.82) is 5.26 Å². The highest BCUT2D eigenvalue weighted by Crippen LogP contribution is 2.34. The third-order valence-electron chi connectivity index (χ3n) is 6.06. The second-order valence-corrected chi connectivity index (χ2v) is 10.1. The molecule has 1 aliphatic heterocycles. The van der Waals surface area contributed by atoms with Crippen molar-refractivity contribution in [2.24, 2.45) is 0 Å². The van der Waals surface area contributed by atoms with Gasteiger partial charge in [-0.15, -0.1) is 10.2 Å². The van der Waals surface area contributed by atoms with Gasteiger partial charge in [0.25, 0.3) is 5.91 Å². The predicted octanol–water partition coefficient (Wildman–Crippen LogP) is 3.18. The zero-order valence-electron chi connectivity index (χ0n) is 21.0. The van der Waals surface area contributed by atoms with E-state index in [1.807, 2.05) is 32.0 Å². The molecule has 1 unspecified atom stereocenters. The summed E-state index contributed by atoms with van der Waals surface area (Å²) in [5, 5.41) is 29.0. The van der Waals surface area contributed by atoms with Crippen LogP contribution in [0, 0.1) is 11.3 Å². The van der Waals surface area contributed by atoms with Gasteiger partial charge >= 0.3 is 6.09 Å². The molecule has 0 saturated carbocycles. The van der Waals surface area contributed by atoms with Crippen molar-refractivity contribution in [3.8, 4) is 28.0 Å². The lowest BCUT2D eigenvalue weighted by Gasteiger charge is -2.15. The van der Waals surface area contributed by atoms with Crippen LogP contribution in [0.15, 0.2) is 36.7 Å². The third-order valence-corrected chi connectivity index (χ3v) is 7.01. The SMILES string of the molecule is COC(=O)NC1CCN(C(=O)c2nnc(-c3cnc(-c4ccc5cc(C#N)cnn45)cc3NC(C)C)s2)C1. The fourth-order valence-corrected chi connectivity index (χ4v) is 5.13. The van der Waals surface area contributed by atoms with Crippen LogP contribution in [0.25, 0.3) is 27.5 Å². The Bertz CT molecular complexity index is 1560. The fraction of sp³-hybridized carbons (Fsp3) is 0.320. The van der Waals surface area contributed by atoms with Gasteiger partial charge in [0.1, 0.15) is 6.07 Å². The Morgan fingerprint density at radius 3 is 2.84 bits per heavy atom. The smallest absolute Gasteiger partial charge is 0.407 e. The number of amides is 2. The molecule has 4 aromatic heterocycles. The minimum Gasteiger partial charge on any atom is -0.453 e. The molecule has 38 heavy (non-hydrogen) atoms. The van der Waals surface area contributed by atoms with Gasteiger partial charge in [0.05, 0.1) is 47.4 Å². The van der Waals surface area contributed by atoms with Gasteiger partial charge in [-0.2, -0.15) is 10.4 Å². The maximum Gasteiger partial charge on any atom is 0.407 e. The second-order valence-electron chi connectivity index (χ2n) is 9.11. The molecule has 5 rings (SSSR count). The van der Waals surface area contributed by atoms with Crippen LogP contribution in [0.1, 0.15) is 35.6 Å². The Balaban J connectivity index is 1.41. The Hall–Kier alpha value is -4.57. The first kappa shape index (κ1) is 25.1. The number of carbonyl (C=O) groups is 2. The van der Waals surface area contributed by atoms with E-state index in [0.29, 0.717) is 35.8 Å². The summed E-state index contributed by atoms with van der Waals surface area (Å²) in [7, 11) is 1.31. The number of nitrogens with zero attached hydrogens (tertiary/aromatic N) is 7. The lowest BCUT2D eigenvalue weighted by Crippen LogP contribution is -2.38. The van der Waals surface area contributed by atoms with Gasteiger partial charge in [-0.3, -0.25) is 9.78 Å². The number of methoxy groups -OCH3 is 1. The molecule has 0 aromatic carbocycles. The van der Waals surface area contributed by atoms with E-state index >= 15 is 0 Å². The van der Waals surface area contributed by atoms with Gasteiger partial charge in [-0.1, -0.05) is 11.3 Å². The summed E-state index contributed by atoms with van der Waals surface area (Å²) in [6.07, 6.45) is 3.36. The van der Waals surface area contributed by atoms with Crippen LogP contribution >= 0.6 is 11.3 Å². The molecule has 1 saturated heterocycles. The van der Waals surface area contributed by atoms with Crippen LogP contribution in [-0.2, 0) is 4.74 Å². The minimum absolute atomic E-state index is 0.127. The third kappa shape index (κ3) is 4.98. The number of ether oxygens (including phenoxy) is 1. The maximum atomic E-state index is 13.1. The topological polar surface area (TPSA) is 150 Å². The zero-order chi connectivity index (χ0) is 26.8. The van der Waals surface area contributed by atoms with Gasteiger partial charge in [0.15, 0.2) is 5.01 Å². The summed E-state index contributed by atoms with van der Waals surface area (Å²) in [6, 6.07) is 9.55. The molecule has 13 heteroatoms. The van der Waals surface area contributed by atoms with E-state index in [9.17, 15) is 9.59 Å². The first-order valence-electron chi connectivity index (χ1n) is 12.0. The molecule has 1 atom stereocenters. The first-order chi connectivity index (χ1) is 18.4. The van der Waals surface area contributed by atoms with Crippen LogP contribution in [0.3, 0.4) is 0 Å². The van der Waals surface area contributed by atoms with Crippen molar-refractivity contribution in [2.75, 3.05) is 25.5 Å². The highest BCUT2D eigenvalue weighted by atomic mass is 32.1. The van der Waals surface area contributed by atoms with E-state index < -0.39 is 6.09 Å². The van der Waals surface area contributed by atoms with E-state index in [-0.39, 0.29) is 23.0 Å². The largest absolute Gasteiger partial charge is 0.453 e. The number of hydrogen-bond donors (Lipinski definition) is 2. The van der Waals surface area contributed by atoms with Gasteiger partial charge in [0.2, 0.25) is 5.01 Å². The summed E-state index contributed by atoms with van der Waals surface area (Å²) >= 11 is 1.20. The van der Waals surface area contributed by atoms with Gasteiger partial charge in [-0.05, 0) is 44.5 Å². The van der Waals surface area contributed by atoms with Crippen molar-refractivity contribution in [3.63, 3.8) is 0 Å². The quantitative estimate of drug-likeness (QED) is 0.382. The Labute approximate surface area is 222 Å². The summed E-state index contributed by atoms with van der Waals surface area (Å²) in [5.74, 6) is -0.228. The van der Waals surface area contributed by atoms with Crippen molar-refractivity contribution in [1.82, 2.24) is 35.0 Å². The normalized spacial score (nSPS) is 15.0. The number of aromatic nitrogens is 5. The van der Waals surface area contributed by atoms with E-state index in [2.05, 4.69) is 41.7 Å². The molecular weight excluding hydrogens is 506 g/mol. The molecule has 194 valence electrons. The molecular formula is C25H25N9O3S. The molecule has 5 heterocycles. The molecule has 4 aromatic rings. The number of nitriles is 1. The van der Waals surface area contributed by atoms with E-state index in [4.69, 9.17) is 5.26 Å². The average molecular weight is 532 g/mol. The maximum absolute atomic E-state index is 13.1. The van der Waals surface area contributed by atoms with E-state index in [1.165, 1.54) is 24.6 Å². The predicted molar refractivity (Wildman–Crippen MR) is 141 cm³/mol. The number of carbonyl (C=O) groups excluding carboxylic acids is 2. The van der Waals surface area contributed by atoms with Crippen molar-refractivity contribution >= 4 is 34.5 Å². The summed E-state index contributed by atoms with van der Waals surface area (Å²) in [6.45, 7) is 4.95. The number of fused-ring (bicyclic) bond motifs is 1. The van der Waals surface area contributed by atoms with Crippen LogP contribution in [0.4, 0.5) is 10.5 Å². The molecule has 2 N–H and O–H groups in total. The Morgan fingerprint density at radius 1 is 1.24 bits per heavy atom. The molecule has 0 radical (unpaired) electrons. The van der Waals surface area contributed by atoms with Crippen molar-refractivity contribution in [3.05, 3.63) is 47.2 Å². The van der Waals surface area contributed by atoms with Gasteiger partial charge in [0, 0.05) is 31.0 Å². The first-order valence-corrected chi connectivity index (χ1v) is 12.8. The minimum atomic E-state index is -0.514. The lowest BCUT2D eigenvalue weighted by atomic mass is 10.1. The highest BCUT2D eigenvalue weighted by Gasteiger charge is 2.30. The van der Waals surface area contributed by atoms with Crippen LogP contribution in [0.2, 0.25) is 0 Å². The Kier molecular flexibility index (Phi) is 6.89. The number of alkyl carbamates (subject to hydrolysis) is 1. The fourth-order valence-electron chi connectivity index (χ4n) is 4.29. The van der Waals surface area contributed by atoms with E-state index in [0.717, 1.165) is 22.5 Å². The lowest BCUT2D eigenvalue weighted by molar-refractivity contribution is 0.0787.